The van der Waals surface area contributed by atoms with Crippen molar-refractivity contribution < 1.29 is 14.3 Å². The lowest BCUT2D eigenvalue weighted by atomic mass is 9.96. The van der Waals surface area contributed by atoms with Gasteiger partial charge in [-0.2, -0.15) is 0 Å². The monoisotopic (exact) mass is 334 g/mol. The van der Waals surface area contributed by atoms with Crippen molar-refractivity contribution in [1.82, 2.24) is 10.2 Å². The van der Waals surface area contributed by atoms with Crippen LogP contribution in [0.2, 0.25) is 0 Å². The molecule has 1 N–H and O–H groups in total. The normalized spacial score (nSPS) is 11.0. The number of benzene rings is 1. The molecule has 5 nitrogen and oxygen atoms in total. The van der Waals surface area contributed by atoms with Crippen molar-refractivity contribution in [3.8, 4) is 5.75 Å². The number of carbonyl (C=O) groups is 2. The van der Waals surface area contributed by atoms with Gasteiger partial charge in [0, 0.05) is 25.4 Å². The number of amides is 2. The molecule has 0 saturated heterocycles. The lowest BCUT2D eigenvalue weighted by Crippen LogP contribution is -2.36. The Kier molecular flexibility index (Phi) is 7.75. The third-order valence-corrected chi connectivity index (χ3v) is 3.74. The second kappa shape index (κ2) is 9.30. The smallest absolute Gasteiger partial charge is 0.225 e. The maximum Gasteiger partial charge on any atom is 0.225 e. The molecule has 0 atom stereocenters. The van der Waals surface area contributed by atoms with Crippen LogP contribution in [0.25, 0.3) is 0 Å². The lowest BCUT2D eigenvalue weighted by Gasteiger charge is -2.19. The van der Waals surface area contributed by atoms with Crippen LogP contribution in [0.5, 0.6) is 5.75 Å². The minimum absolute atomic E-state index is 0.00920. The number of para-hydroxylation sites is 1. The van der Waals surface area contributed by atoms with E-state index in [2.05, 4.69) is 5.32 Å². The van der Waals surface area contributed by atoms with E-state index in [9.17, 15) is 9.59 Å². The van der Waals surface area contributed by atoms with Gasteiger partial charge in [-0.05, 0) is 25.0 Å². The van der Waals surface area contributed by atoms with Gasteiger partial charge in [0.2, 0.25) is 11.8 Å². The second-order valence-corrected chi connectivity index (χ2v) is 7.04. The van der Waals surface area contributed by atoms with E-state index in [1.54, 1.807) is 11.9 Å². The number of nitrogens with zero attached hydrogens (tertiary/aromatic N) is 1. The van der Waals surface area contributed by atoms with Crippen molar-refractivity contribution in [1.29, 1.82) is 0 Å². The number of carbonyl (C=O) groups excluding carboxylic acids is 2. The van der Waals surface area contributed by atoms with Crippen molar-refractivity contribution in [3.05, 3.63) is 29.8 Å². The van der Waals surface area contributed by atoms with Crippen LogP contribution >= 0.6 is 0 Å². The van der Waals surface area contributed by atoms with Crippen LogP contribution in [0, 0.1) is 12.3 Å². The zero-order valence-corrected chi connectivity index (χ0v) is 15.5. The van der Waals surface area contributed by atoms with Gasteiger partial charge in [-0.1, -0.05) is 39.0 Å². The summed E-state index contributed by atoms with van der Waals surface area (Å²) in [5.41, 5.74) is 0.689. The molecule has 5 heteroatoms. The molecular weight excluding hydrogens is 304 g/mol. The molecule has 1 aromatic rings. The molecule has 1 rings (SSSR count). The van der Waals surface area contributed by atoms with E-state index in [-0.39, 0.29) is 11.8 Å². The van der Waals surface area contributed by atoms with Gasteiger partial charge in [-0.25, -0.2) is 0 Å². The Morgan fingerprint density at radius 3 is 2.50 bits per heavy atom. The van der Waals surface area contributed by atoms with Crippen LogP contribution in [0.4, 0.5) is 0 Å². The topological polar surface area (TPSA) is 58.6 Å². The lowest BCUT2D eigenvalue weighted by molar-refractivity contribution is -0.131. The molecule has 0 unspecified atom stereocenters. The zero-order valence-electron chi connectivity index (χ0n) is 15.5. The zero-order chi connectivity index (χ0) is 18.2. The predicted octanol–water partition coefficient (Wildman–Crippen LogP) is 2.77. The highest BCUT2D eigenvalue weighted by Gasteiger charge is 2.20. The molecule has 1 aromatic carbocycles. The Morgan fingerprint density at radius 2 is 1.88 bits per heavy atom. The molecular formula is C19H30N2O3. The van der Waals surface area contributed by atoms with Gasteiger partial charge in [0.25, 0.3) is 0 Å². The van der Waals surface area contributed by atoms with Crippen molar-refractivity contribution in [3.63, 3.8) is 0 Å². The van der Waals surface area contributed by atoms with Gasteiger partial charge in [0.05, 0.1) is 6.54 Å². The molecule has 0 aliphatic rings. The summed E-state index contributed by atoms with van der Waals surface area (Å²) in [6.45, 7) is 9.14. The van der Waals surface area contributed by atoms with E-state index in [1.165, 1.54) is 0 Å². The largest absolute Gasteiger partial charge is 0.491 e. The Hall–Kier alpha value is -2.04. The maximum absolute atomic E-state index is 12.1. The van der Waals surface area contributed by atoms with Crippen LogP contribution < -0.4 is 10.1 Å². The molecule has 0 aliphatic carbocycles. The van der Waals surface area contributed by atoms with Gasteiger partial charge in [-0.3, -0.25) is 9.59 Å². The summed E-state index contributed by atoms with van der Waals surface area (Å²) in [6, 6.07) is 7.82. The Morgan fingerprint density at radius 1 is 1.21 bits per heavy atom. The Balaban J connectivity index is 2.21. The van der Waals surface area contributed by atoms with Crippen LogP contribution in [0.3, 0.4) is 0 Å². The molecule has 0 saturated carbocycles. The predicted molar refractivity (Wildman–Crippen MR) is 96.0 cm³/mol. The third kappa shape index (κ3) is 7.02. The minimum Gasteiger partial charge on any atom is -0.491 e. The van der Waals surface area contributed by atoms with Crippen LogP contribution in [-0.2, 0) is 9.59 Å². The number of hydrogen-bond donors (Lipinski definition) is 1. The van der Waals surface area contributed by atoms with Gasteiger partial charge in [0.1, 0.15) is 12.4 Å². The van der Waals surface area contributed by atoms with Gasteiger partial charge in [0.15, 0.2) is 0 Å². The quantitative estimate of drug-likeness (QED) is 0.744. The number of ether oxygens (including phenoxy) is 1. The summed E-state index contributed by atoms with van der Waals surface area (Å²) in [6.07, 6.45) is 1.06. The highest BCUT2D eigenvalue weighted by molar-refractivity contribution is 5.81. The van der Waals surface area contributed by atoms with Crippen molar-refractivity contribution >= 4 is 11.8 Å². The molecule has 0 bridgehead atoms. The number of nitrogens with one attached hydrogen (secondary N) is 1. The van der Waals surface area contributed by atoms with Crippen molar-refractivity contribution in [2.45, 2.75) is 40.5 Å². The Bertz CT molecular complexity index is 550. The molecule has 0 fully saturated rings. The molecule has 134 valence electrons. The van der Waals surface area contributed by atoms with Crippen molar-refractivity contribution in [2.75, 3.05) is 26.7 Å². The fraction of sp³-hybridized carbons (Fsp3) is 0.579. The Labute approximate surface area is 145 Å². The van der Waals surface area contributed by atoms with E-state index in [4.69, 9.17) is 4.74 Å². The summed E-state index contributed by atoms with van der Waals surface area (Å²) < 4.78 is 5.70. The number of rotatable bonds is 8. The molecule has 0 heterocycles. The molecule has 24 heavy (non-hydrogen) atoms. The molecule has 2 amide bonds. The van der Waals surface area contributed by atoms with Crippen LogP contribution in [-0.4, -0.2) is 43.5 Å². The van der Waals surface area contributed by atoms with E-state index >= 15 is 0 Å². The number of hydrogen-bond acceptors (Lipinski definition) is 3. The third-order valence-electron chi connectivity index (χ3n) is 3.74. The molecule has 0 aromatic heterocycles. The van der Waals surface area contributed by atoms with Gasteiger partial charge in [-0.15, -0.1) is 0 Å². The molecule has 0 spiro atoms. The fourth-order valence-corrected chi connectivity index (χ4v) is 2.03. The molecule has 0 radical (unpaired) electrons. The summed E-state index contributed by atoms with van der Waals surface area (Å²) >= 11 is 0. The second-order valence-electron chi connectivity index (χ2n) is 7.04. The van der Waals surface area contributed by atoms with Crippen LogP contribution in [0.15, 0.2) is 24.3 Å². The van der Waals surface area contributed by atoms with E-state index in [0.717, 1.165) is 11.3 Å². The average Bonchev–Trinajstić information content (AvgIpc) is 2.51. The maximum atomic E-state index is 12.1. The standard InChI is InChI=1S/C19H30N2O3/c1-15-9-6-7-10-16(15)24-14-13-21(5)17(22)11-8-12-20-18(23)19(2,3)4/h6-7,9-10H,8,11-14H2,1-5H3,(H,20,23). The first kappa shape index (κ1) is 20.0. The minimum atomic E-state index is -0.395. The van der Waals surface area contributed by atoms with E-state index in [0.29, 0.717) is 32.5 Å². The first-order valence-corrected chi connectivity index (χ1v) is 8.42. The van der Waals surface area contributed by atoms with Crippen molar-refractivity contribution in [2.24, 2.45) is 5.41 Å². The molecule has 0 aliphatic heterocycles. The summed E-state index contributed by atoms with van der Waals surface area (Å²) in [7, 11) is 1.78. The summed E-state index contributed by atoms with van der Waals surface area (Å²) in [5.74, 6) is 0.923. The highest BCUT2D eigenvalue weighted by Crippen LogP contribution is 2.16. The van der Waals surface area contributed by atoms with E-state index in [1.807, 2.05) is 52.0 Å². The first-order chi connectivity index (χ1) is 11.2. The van der Waals surface area contributed by atoms with Crippen LogP contribution in [0.1, 0.15) is 39.2 Å². The average molecular weight is 334 g/mol. The summed E-state index contributed by atoms with van der Waals surface area (Å²) in [4.78, 5) is 25.4. The highest BCUT2D eigenvalue weighted by atomic mass is 16.5. The number of likely N-dealkylation sites (N-methyl/N-ethyl adjacent to an activating group) is 1. The fourth-order valence-electron chi connectivity index (χ4n) is 2.03. The van der Waals surface area contributed by atoms with Gasteiger partial charge >= 0.3 is 0 Å². The first-order valence-electron chi connectivity index (χ1n) is 8.42. The van der Waals surface area contributed by atoms with Gasteiger partial charge < -0.3 is 15.0 Å². The SMILES string of the molecule is Cc1ccccc1OCCN(C)C(=O)CCCNC(=O)C(C)(C)C. The van der Waals surface area contributed by atoms with E-state index < -0.39 is 5.41 Å². The summed E-state index contributed by atoms with van der Waals surface area (Å²) in [5, 5.41) is 2.85. The number of aryl methyl sites for hydroxylation is 1.